The van der Waals surface area contributed by atoms with E-state index in [2.05, 4.69) is 32.1 Å². The van der Waals surface area contributed by atoms with Gasteiger partial charge in [0.1, 0.15) is 10.8 Å². The third-order valence-corrected chi connectivity index (χ3v) is 6.89. The van der Waals surface area contributed by atoms with E-state index in [4.69, 9.17) is 11.6 Å². The zero-order chi connectivity index (χ0) is 24.5. The minimum atomic E-state index is -4.47. The van der Waals surface area contributed by atoms with E-state index in [0.29, 0.717) is 29.4 Å². The quantitative estimate of drug-likeness (QED) is 0.443. The molecule has 6 nitrogen and oxygen atoms in total. The Bertz CT molecular complexity index is 1180. The Balaban J connectivity index is 1.70. The average Bonchev–Trinajstić information content (AvgIpc) is 3.17. The van der Waals surface area contributed by atoms with Crippen LogP contribution in [0.15, 0.2) is 30.6 Å². The number of carbonyl (C=O) groups excluding carboxylic acids is 1. The predicted octanol–water partition coefficient (Wildman–Crippen LogP) is 6.21. The molecule has 4 rings (SSSR count). The Morgan fingerprint density at radius 1 is 1.24 bits per heavy atom. The molecular formula is C23H23ClF3N5OS. The van der Waals surface area contributed by atoms with Crippen LogP contribution < -0.4 is 5.32 Å². The molecule has 180 valence electrons. The number of rotatable bonds is 5. The second-order valence-corrected chi connectivity index (χ2v) is 9.84. The van der Waals surface area contributed by atoms with Crippen molar-refractivity contribution in [2.75, 3.05) is 11.9 Å². The molecule has 0 bridgehead atoms. The number of anilines is 1. The molecule has 1 amide bonds. The number of piperidine rings is 1. The fourth-order valence-corrected chi connectivity index (χ4v) is 5.09. The van der Waals surface area contributed by atoms with Crippen molar-refractivity contribution in [1.29, 1.82) is 0 Å². The summed E-state index contributed by atoms with van der Waals surface area (Å²) in [5.74, 6) is -0.525. The van der Waals surface area contributed by atoms with Gasteiger partial charge in [-0.2, -0.15) is 13.2 Å². The molecule has 1 fully saturated rings. The predicted molar refractivity (Wildman–Crippen MR) is 126 cm³/mol. The van der Waals surface area contributed by atoms with Crippen LogP contribution in [0.25, 0.3) is 11.3 Å². The Hall–Kier alpha value is -2.56. The third-order valence-electron chi connectivity index (χ3n) is 5.74. The number of hydrogen-bond donors (Lipinski definition) is 1. The first-order chi connectivity index (χ1) is 16.1. The number of aryl methyl sites for hydroxylation is 1. The maximum Gasteiger partial charge on any atom is 0.416 e. The molecule has 2 aromatic heterocycles. The molecule has 1 aromatic carbocycles. The van der Waals surface area contributed by atoms with Crippen LogP contribution in [0.2, 0.25) is 5.15 Å². The van der Waals surface area contributed by atoms with E-state index in [1.807, 2.05) is 0 Å². The van der Waals surface area contributed by atoms with Crippen LogP contribution in [0.1, 0.15) is 52.7 Å². The van der Waals surface area contributed by atoms with Crippen LogP contribution in [0.5, 0.6) is 0 Å². The third kappa shape index (κ3) is 5.73. The van der Waals surface area contributed by atoms with Crippen molar-refractivity contribution in [1.82, 2.24) is 19.9 Å². The van der Waals surface area contributed by atoms with E-state index in [-0.39, 0.29) is 16.0 Å². The molecule has 1 saturated heterocycles. The molecule has 1 aliphatic rings. The van der Waals surface area contributed by atoms with Gasteiger partial charge in [-0.25, -0.2) is 15.0 Å². The molecule has 1 aliphatic heterocycles. The number of likely N-dealkylation sites (tertiary alicyclic amines) is 1. The van der Waals surface area contributed by atoms with Crippen molar-refractivity contribution in [3.8, 4) is 11.3 Å². The van der Waals surface area contributed by atoms with Crippen LogP contribution in [-0.4, -0.2) is 38.3 Å². The number of nitrogens with zero attached hydrogens (tertiary/aromatic N) is 4. The summed E-state index contributed by atoms with van der Waals surface area (Å²) >= 11 is 6.99. The van der Waals surface area contributed by atoms with Crippen molar-refractivity contribution < 1.29 is 18.0 Å². The SMILES string of the molecule is Cc1cc(-c2nc(NC(=O)c3cnc(Cl)cn3)sc2CN2CCCCC2C)cc(C(F)(F)F)c1. The largest absolute Gasteiger partial charge is 0.416 e. The average molecular weight is 510 g/mol. The molecule has 3 aromatic rings. The fraction of sp³-hybridized carbons (Fsp3) is 0.391. The van der Waals surface area contributed by atoms with E-state index >= 15 is 0 Å². The van der Waals surface area contributed by atoms with Gasteiger partial charge in [0.2, 0.25) is 0 Å². The Labute approximate surface area is 204 Å². The first kappa shape index (κ1) is 24.6. The summed E-state index contributed by atoms with van der Waals surface area (Å²) in [7, 11) is 0. The number of aromatic nitrogens is 3. The summed E-state index contributed by atoms with van der Waals surface area (Å²) in [4.78, 5) is 28.1. The smallest absolute Gasteiger partial charge is 0.296 e. The molecule has 1 unspecified atom stereocenters. The van der Waals surface area contributed by atoms with Gasteiger partial charge in [0.05, 0.1) is 23.7 Å². The van der Waals surface area contributed by atoms with Gasteiger partial charge in [-0.3, -0.25) is 15.0 Å². The lowest BCUT2D eigenvalue weighted by Gasteiger charge is -2.33. The van der Waals surface area contributed by atoms with Gasteiger partial charge in [0, 0.05) is 23.0 Å². The Morgan fingerprint density at radius 2 is 2.03 bits per heavy atom. The zero-order valence-electron chi connectivity index (χ0n) is 18.6. The first-order valence-electron chi connectivity index (χ1n) is 10.8. The monoisotopic (exact) mass is 509 g/mol. The molecule has 0 spiro atoms. The molecule has 1 atom stereocenters. The van der Waals surface area contributed by atoms with Crippen molar-refractivity contribution in [2.24, 2.45) is 0 Å². The van der Waals surface area contributed by atoms with Crippen LogP contribution >= 0.6 is 22.9 Å². The Morgan fingerprint density at radius 3 is 2.71 bits per heavy atom. The van der Waals surface area contributed by atoms with Gasteiger partial charge in [-0.05, 0) is 57.0 Å². The second kappa shape index (κ2) is 9.97. The number of amides is 1. The summed E-state index contributed by atoms with van der Waals surface area (Å²) in [6.45, 7) is 5.22. The number of alkyl halides is 3. The molecule has 0 saturated carbocycles. The second-order valence-electron chi connectivity index (χ2n) is 8.37. The summed E-state index contributed by atoms with van der Waals surface area (Å²) in [6, 6.07) is 4.27. The zero-order valence-corrected chi connectivity index (χ0v) is 20.2. The highest BCUT2D eigenvalue weighted by atomic mass is 35.5. The van der Waals surface area contributed by atoms with Crippen molar-refractivity contribution in [3.63, 3.8) is 0 Å². The maximum absolute atomic E-state index is 13.5. The van der Waals surface area contributed by atoms with Crippen molar-refractivity contribution in [2.45, 2.75) is 51.9 Å². The highest BCUT2D eigenvalue weighted by Gasteiger charge is 2.32. The fourth-order valence-electron chi connectivity index (χ4n) is 3.99. The number of halogens is 4. The Kier molecular flexibility index (Phi) is 7.20. The minimum Gasteiger partial charge on any atom is -0.296 e. The van der Waals surface area contributed by atoms with Crippen molar-refractivity contribution >= 4 is 34.0 Å². The van der Waals surface area contributed by atoms with Crippen LogP contribution in [0, 0.1) is 6.92 Å². The lowest BCUT2D eigenvalue weighted by Crippen LogP contribution is -2.36. The van der Waals surface area contributed by atoms with Crippen molar-refractivity contribution in [3.05, 3.63) is 57.4 Å². The molecule has 11 heteroatoms. The van der Waals surface area contributed by atoms with Gasteiger partial charge in [-0.1, -0.05) is 29.4 Å². The number of benzene rings is 1. The number of hydrogen-bond acceptors (Lipinski definition) is 6. The number of nitrogens with one attached hydrogen (secondary N) is 1. The topological polar surface area (TPSA) is 71.0 Å². The normalized spacial score (nSPS) is 17.1. The van der Waals surface area contributed by atoms with Gasteiger partial charge < -0.3 is 0 Å². The summed E-state index contributed by atoms with van der Waals surface area (Å²) < 4.78 is 40.4. The van der Waals surface area contributed by atoms with E-state index < -0.39 is 17.6 Å². The minimum absolute atomic E-state index is 0.0577. The maximum atomic E-state index is 13.5. The van der Waals surface area contributed by atoms with E-state index in [1.165, 1.54) is 23.7 Å². The van der Waals surface area contributed by atoms with Crippen LogP contribution in [-0.2, 0) is 12.7 Å². The number of thiazole rings is 1. The summed E-state index contributed by atoms with van der Waals surface area (Å²) in [6.07, 6.45) is 1.33. The molecule has 0 radical (unpaired) electrons. The van der Waals surface area contributed by atoms with Gasteiger partial charge in [0.25, 0.3) is 5.91 Å². The summed E-state index contributed by atoms with van der Waals surface area (Å²) in [5, 5.41) is 3.14. The highest BCUT2D eigenvalue weighted by molar-refractivity contribution is 7.16. The lowest BCUT2D eigenvalue weighted by atomic mass is 10.0. The van der Waals surface area contributed by atoms with Gasteiger partial charge in [0.15, 0.2) is 5.13 Å². The van der Waals surface area contributed by atoms with Gasteiger partial charge in [-0.15, -0.1) is 0 Å². The molecular weight excluding hydrogens is 487 g/mol. The van der Waals surface area contributed by atoms with E-state index in [1.54, 1.807) is 13.0 Å². The molecule has 3 heterocycles. The first-order valence-corrected chi connectivity index (χ1v) is 12.0. The highest BCUT2D eigenvalue weighted by Crippen LogP contribution is 2.37. The standard InChI is InChI=1S/C23H23ClF3N5OS/c1-13-7-15(9-16(8-13)23(25,26)27)20-18(12-32-6-4-3-5-14(32)2)34-22(30-20)31-21(33)17-10-29-19(24)11-28-17/h7-11,14H,3-6,12H2,1-2H3,(H,30,31,33). The molecule has 1 N–H and O–H groups in total. The van der Waals surface area contributed by atoms with Crippen LogP contribution in [0.3, 0.4) is 0 Å². The van der Waals surface area contributed by atoms with E-state index in [9.17, 15) is 18.0 Å². The van der Waals surface area contributed by atoms with Crippen LogP contribution in [0.4, 0.5) is 18.3 Å². The van der Waals surface area contributed by atoms with Gasteiger partial charge >= 0.3 is 6.18 Å². The van der Waals surface area contributed by atoms with E-state index in [0.717, 1.165) is 42.8 Å². The summed E-state index contributed by atoms with van der Waals surface area (Å²) in [5.41, 5.74) is 0.624. The molecule has 0 aliphatic carbocycles. The molecule has 34 heavy (non-hydrogen) atoms. The lowest BCUT2D eigenvalue weighted by molar-refractivity contribution is -0.137. The number of carbonyl (C=O) groups is 1.